The van der Waals surface area contributed by atoms with Crippen LogP contribution in [0.5, 0.6) is 0 Å². The molecule has 5 aliphatic carbocycles. The van der Waals surface area contributed by atoms with E-state index in [4.69, 9.17) is 0 Å². The summed E-state index contributed by atoms with van der Waals surface area (Å²) >= 11 is 0. The van der Waals surface area contributed by atoms with Crippen LogP contribution in [0.4, 0.5) is 4.79 Å². The third-order valence-electron chi connectivity index (χ3n) is 16.7. The fourth-order valence-corrected chi connectivity index (χ4v) is 14.1. The lowest BCUT2D eigenvalue weighted by Crippen LogP contribution is -2.68. The zero-order valence-electron chi connectivity index (χ0n) is 32.4. The zero-order chi connectivity index (χ0) is 36.6. The number of hydrogen-bond donors (Lipinski definition) is 3. The second-order valence-electron chi connectivity index (χ2n) is 19.1. The van der Waals surface area contributed by atoms with E-state index >= 15 is 0 Å². The molecule has 1 saturated heterocycles. The first kappa shape index (κ1) is 36.7. The highest BCUT2D eigenvalue weighted by molar-refractivity contribution is 5.88. The molecule has 1 aliphatic heterocycles. The van der Waals surface area contributed by atoms with E-state index in [9.17, 15) is 19.8 Å². The van der Waals surface area contributed by atoms with E-state index < -0.39 is 5.97 Å². The predicted octanol–water partition coefficient (Wildman–Crippen LogP) is 8.50. The molecule has 6 aliphatic rings. The number of allylic oxidation sites excluding steroid dienone is 3. The number of rotatable bonds is 6. The number of amides is 2. The van der Waals surface area contributed by atoms with Crippen LogP contribution in [-0.4, -0.2) is 76.9 Å². The number of hydrogen-bond acceptors (Lipinski definition) is 4. The minimum atomic E-state index is -0.875. The third kappa shape index (κ3) is 5.65. The molecule has 0 bridgehead atoms. The van der Waals surface area contributed by atoms with E-state index in [1.807, 2.05) is 12.1 Å². The largest absolute Gasteiger partial charge is 0.478 e. The Bertz CT molecular complexity index is 1570. The molecule has 3 N–H and O–H groups in total. The van der Waals surface area contributed by atoms with E-state index in [0.29, 0.717) is 41.7 Å². The normalized spacial score (nSPS) is 40.5. The first-order chi connectivity index (χ1) is 24.1. The number of carboxylic acid groups (broad SMARTS) is 1. The Kier molecular flexibility index (Phi) is 9.38. The summed E-state index contributed by atoms with van der Waals surface area (Å²) in [4.78, 5) is 30.1. The van der Waals surface area contributed by atoms with Crippen molar-refractivity contribution in [1.29, 1.82) is 0 Å². The van der Waals surface area contributed by atoms with E-state index in [2.05, 4.69) is 69.3 Å². The van der Waals surface area contributed by atoms with Gasteiger partial charge in [-0.15, -0.1) is 0 Å². The number of benzene rings is 1. The van der Waals surface area contributed by atoms with Gasteiger partial charge < -0.3 is 20.4 Å². The van der Waals surface area contributed by atoms with Crippen molar-refractivity contribution in [3.05, 3.63) is 53.6 Å². The predicted molar refractivity (Wildman–Crippen MR) is 204 cm³/mol. The van der Waals surface area contributed by atoms with Crippen LogP contribution in [0, 0.1) is 51.2 Å². The first-order valence-electron chi connectivity index (χ1n) is 20.2. The molecule has 280 valence electrons. The number of β-amino-alcohol motifs (C(OH)–C–C–N with tert-alkyl or cyclic N) is 1. The third-order valence-corrected chi connectivity index (χ3v) is 16.7. The van der Waals surface area contributed by atoms with Gasteiger partial charge in [-0.05, 0) is 152 Å². The summed E-state index contributed by atoms with van der Waals surface area (Å²) in [6, 6.07) is 7.68. The molecule has 1 aromatic rings. The molecule has 0 radical (unpaired) electrons. The van der Waals surface area contributed by atoms with Gasteiger partial charge >= 0.3 is 12.0 Å². The molecule has 7 rings (SSSR count). The zero-order valence-corrected chi connectivity index (χ0v) is 32.4. The Labute approximate surface area is 307 Å². The molecule has 1 heterocycles. The number of aliphatic hydroxyl groups excluding tert-OH is 1. The molecule has 5 fully saturated rings. The van der Waals surface area contributed by atoms with Crippen LogP contribution in [0.2, 0.25) is 0 Å². The van der Waals surface area contributed by atoms with Crippen LogP contribution in [0.25, 0.3) is 5.57 Å². The van der Waals surface area contributed by atoms with Crippen LogP contribution in [-0.2, 0) is 0 Å². The highest BCUT2D eigenvalue weighted by Crippen LogP contribution is 2.76. The summed E-state index contributed by atoms with van der Waals surface area (Å²) in [7, 11) is 0. The van der Waals surface area contributed by atoms with Gasteiger partial charge in [-0.1, -0.05) is 65.0 Å². The van der Waals surface area contributed by atoms with Gasteiger partial charge in [0.15, 0.2) is 0 Å². The number of carbonyl (C=O) groups excluding carboxylic acids is 1. The molecule has 51 heavy (non-hydrogen) atoms. The molecule has 4 unspecified atom stereocenters. The Balaban J connectivity index is 1.16. The van der Waals surface area contributed by atoms with Crippen molar-refractivity contribution in [3.63, 3.8) is 0 Å². The average Bonchev–Trinajstić information content (AvgIpc) is 3.29. The van der Waals surface area contributed by atoms with Crippen molar-refractivity contribution in [2.45, 2.75) is 111 Å². The minimum Gasteiger partial charge on any atom is -0.478 e. The van der Waals surface area contributed by atoms with Gasteiger partial charge in [0.25, 0.3) is 0 Å². The Hall–Kier alpha value is -2.64. The lowest BCUT2D eigenvalue weighted by Gasteiger charge is -2.72. The smallest absolute Gasteiger partial charge is 0.335 e. The summed E-state index contributed by atoms with van der Waals surface area (Å²) in [5, 5.41) is 22.8. The second kappa shape index (κ2) is 13.0. The lowest BCUT2D eigenvalue weighted by atomic mass is 9.33. The van der Waals surface area contributed by atoms with Gasteiger partial charge in [-0.2, -0.15) is 0 Å². The number of aromatic carboxylic acids is 1. The molecule has 7 nitrogen and oxygen atoms in total. The SMILES string of the molecule is C=C(C)[C@@H]1CCC2(NC(=O)N3CCCN(CCO)CC3)CC[C@]3(C)C(CC[C@@H]4C5(C)CC=C(c6ccc(C(=O)O)cc6)C(C)(C)[C@@H]5CCC43C)[C@@H]12. The topological polar surface area (TPSA) is 93.1 Å². The van der Waals surface area contributed by atoms with Crippen LogP contribution in [0.15, 0.2) is 42.5 Å². The Morgan fingerprint density at radius 2 is 1.63 bits per heavy atom. The molecule has 9 atom stereocenters. The number of carboxylic acids is 1. The fourth-order valence-electron chi connectivity index (χ4n) is 14.1. The Morgan fingerprint density at radius 3 is 2.31 bits per heavy atom. The number of nitrogens with one attached hydrogen (secondary N) is 1. The maximum atomic E-state index is 14.2. The van der Waals surface area contributed by atoms with Crippen LogP contribution < -0.4 is 5.32 Å². The van der Waals surface area contributed by atoms with E-state index in [1.165, 1.54) is 36.8 Å². The van der Waals surface area contributed by atoms with Crippen LogP contribution in [0.3, 0.4) is 0 Å². The lowest BCUT2D eigenvalue weighted by molar-refractivity contribution is -0.218. The highest BCUT2D eigenvalue weighted by atomic mass is 16.4. The van der Waals surface area contributed by atoms with Gasteiger partial charge in [0, 0.05) is 31.7 Å². The maximum absolute atomic E-state index is 14.2. The Morgan fingerprint density at radius 1 is 0.882 bits per heavy atom. The minimum absolute atomic E-state index is 0.0121. The maximum Gasteiger partial charge on any atom is 0.335 e. The molecule has 2 amide bonds. The molecular weight excluding hydrogens is 635 g/mol. The average molecular weight is 700 g/mol. The van der Waals surface area contributed by atoms with E-state index in [0.717, 1.165) is 70.3 Å². The van der Waals surface area contributed by atoms with E-state index in [-0.39, 0.29) is 39.8 Å². The molecule has 0 aromatic heterocycles. The van der Waals surface area contributed by atoms with Crippen molar-refractivity contribution in [2.75, 3.05) is 39.3 Å². The summed E-state index contributed by atoms with van der Waals surface area (Å²) in [5.41, 5.74) is 4.59. The quantitative estimate of drug-likeness (QED) is 0.259. The fraction of sp³-hybridized carbons (Fsp3) is 0.727. The van der Waals surface area contributed by atoms with Crippen molar-refractivity contribution in [2.24, 2.45) is 51.2 Å². The summed E-state index contributed by atoms with van der Waals surface area (Å²) in [6.07, 6.45) is 13.8. The van der Waals surface area contributed by atoms with Gasteiger partial charge in [0.1, 0.15) is 0 Å². The molecule has 0 spiro atoms. The second-order valence-corrected chi connectivity index (χ2v) is 19.1. The molecule has 1 aromatic carbocycles. The summed E-state index contributed by atoms with van der Waals surface area (Å²) < 4.78 is 0. The van der Waals surface area contributed by atoms with Gasteiger partial charge in [0.2, 0.25) is 0 Å². The van der Waals surface area contributed by atoms with Crippen molar-refractivity contribution in [3.8, 4) is 0 Å². The van der Waals surface area contributed by atoms with Crippen LogP contribution in [0.1, 0.15) is 122 Å². The van der Waals surface area contributed by atoms with Crippen molar-refractivity contribution >= 4 is 17.6 Å². The number of urea groups is 1. The van der Waals surface area contributed by atoms with Crippen molar-refractivity contribution < 1.29 is 19.8 Å². The van der Waals surface area contributed by atoms with Gasteiger partial charge in [-0.25, -0.2) is 9.59 Å². The summed E-state index contributed by atoms with van der Waals surface area (Å²) in [5.74, 6) is 1.72. The number of aliphatic hydroxyl groups is 1. The van der Waals surface area contributed by atoms with E-state index in [1.54, 1.807) is 12.1 Å². The standard InChI is InChI=1S/C44H65N3O4/c1-29(2)32-15-20-44(45-39(51)47-24-8-23-46(25-26-47)27-28-48)22-21-42(6)34(37(32)44)13-14-36-41(5)18-16-33(30-9-11-31(12-10-30)38(49)50)40(3,4)35(41)17-19-43(36,42)7/h9-12,16,32,34-37,48H,1,8,13-15,17-28H2,2-7H3,(H,45,51)(H,49,50)/t32-,34?,35-,36+,37+,41?,42+,43?,44?/m0/s1. The summed E-state index contributed by atoms with van der Waals surface area (Å²) in [6.45, 7) is 23.8. The number of nitrogens with zero attached hydrogens (tertiary/aromatic N) is 2. The van der Waals surface area contributed by atoms with Gasteiger partial charge in [0.05, 0.1) is 12.2 Å². The molecule has 4 saturated carbocycles. The van der Waals surface area contributed by atoms with Crippen molar-refractivity contribution in [1.82, 2.24) is 15.1 Å². The van der Waals surface area contributed by atoms with Crippen LogP contribution >= 0.6 is 0 Å². The number of carbonyl (C=O) groups is 2. The monoisotopic (exact) mass is 699 g/mol. The molecule has 7 heteroatoms. The number of fused-ring (bicyclic) bond motifs is 7. The van der Waals surface area contributed by atoms with Gasteiger partial charge in [-0.3, -0.25) is 4.90 Å². The molecular formula is C44H65N3O4. The first-order valence-corrected chi connectivity index (χ1v) is 20.2. The highest BCUT2D eigenvalue weighted by Gasteiger charge is 2.70.